The second kappa shape index (κ2) is 9.92. The van der Waals surface area contributed by atoms with Crippen molar-refractivity contribution in [1.29, 1.82) is 0 Å². The number of nitrogens with one attached hydrogen (secondary N) is 1. The van der Waals surface area contributed by atoms with Gasteiger partial charge in [0, 0.05) is 11.0 Å². The Morgan fingerprint density at radius 3 is 2.59 bits per heavy atom. The standard InChI is InChI=1S/C20H22N2O6S/c1-12-5-6-13(2)18(9-12)29-11-19(23)28-14(3)20(24)21-16-8-7-15(22(25)26)10-17(16)27-4/h5-10,14H,11H2,1-4H3,(H,21,24)/t14-/m0/s1. The van der Waals surface area contributed by atoms with Crippen LogP contribution in [0.2, 0.25) is 0 Å². The van der Waals surface area contributed by atoms with Gasteiger partial charge in [-0.05, 0) is 38.5 Å². The molecule has 1 amide bonds. The maximum Gasteiger partial charge on any atom is 0.317 e. The summed E-state index contributed by atoms with van der Waals surface area (Å²) < 4.78 is 10.3. The van der Waals surface area contributed by atoms with Crippen LogP contribution in [0.15, 0.2) is 41.3 Å². The maximum absolute atomic E-state index is 12.3. The molecule has 1 atom stereocenters. The van der Waals surface area contributed by atoms with Crippen molar-refractivity contribution in [1.82, 2.24) is 0 Å². The van der Waals surface area contributed by atoms with Gasteiger partial charge in [-0.3, -0.25) is 19.7 Å². The fraction of sp³-hybridized carbons (Fsp3) is 0.300. The zero-order valence-corrected chi connectivity index (χ0v) is 17.4. The second-order valence-corrected chi connectivity index (χ2v) is 7.34. The molecule has 0 spiro atoms. The number of rotatable bonds is 8. The molecule has 0 aliphatic rings. The number of aryl methyl sites for hydroxylation is 2. The van der Waals surface area contributed by atoms with Crippen molar-refractivity contribution >= 4 is 35.0 Å². The lowest BCUT2D eigenvalue weighted by Gasteiger charge is -2.15. The molecule has 0 aromatic heterocycles. The number of esters is 1. The summed E-state index contributed by atoms with van der Waals surface area (Å²) in [6.45, 7) is 5.38. The third-order valence-corrected chi connectivity index (χ3v) is 5.15. The van der Waals surface area contributed by atoms with Gasteiger partial charge in [0.25, 0.3) is 11.6 Å². The van der Waals surface area contributed by atoms with E-state index in [1.54, 1.807) is 0 Å². The molecule has 0 aliphatic heterocycles. The number of nitro groups is 1. The number of non-ortho nitro benzene ring substituents is 1. The number of anilines is 1. The number of carbonyl (C=O) groups excluding carboxylic acids is 2. The van der Waals surface area contributed by atoms with E-state index >= 15 is 0 Å². The summed E-state index contributed by atoms with van der Waals surface area (Å²) in [4.78, 5) is 35.7. The van der Waals surface area contributed by atoms with Crippen molar-refractivity contribution in [3.8, 4) is 5.75 Å². The van der Waals surface area contributed by atoms with E-state index < -0.39 is 22.9 Å². The average Bonchev–Trinajstić information content (AvgIpc) is 2.68. The minimum Gasteiger partial charge on any atom is -0.494 e. The first-order valence-corrected chi connectivity index (χ1v) is 9.72. The summed E-state index contributed by atoms with van der Waals surface area (Å²) in [7, 11) is 1.34. The van der Waals surface area contributed by atoms with Gasteiger partial charge in [-0.1, -0.05) is 17.7 Å². The first-order chi connectivity index (χ1) is 13.7. The second-order valence-electron chi connectivity index (χ2n) is 6.32. The Labute approximate surface area is 172 Å². The predicted molar refractivity (Wildman–Crippen MR) is 110 cm³/mol. The quantitative estimate of drug-likeness (QED) is 0.300. The van der Waals surface area contributed by atoms with Gasteiger partial charge >= 0.3 is 5.97 Å². The minimum atomic E-state index is -1.04. The molecule has 2 rings (SSSR count). The lowest BCUT2D eigenvalue weighted by Crippen LogP contribution is -2.30. The molecule has 0 aliphatic carbocycles. The normalized spacial score (nSPS) is 11.4. The molecule has 0 fully saturated rings. The maximum atomic E-state index is 12.3. The highest BCUT2D eigenvalue weighted by atomic mass is 32.2. The van der Waals surface area contributed by atoms with E-state index in [1.807, 2.05) is 32.0 Å². The van der Waals surface area contributed by atoms with Crippen LogP contribution < -0.4 is 10.1 Å². The third-order valence-electron chi connectivity index (χ3n) is 4.02. The Morgan fingerprint density at radius 1 is 1.21 bits per heavy atom. The van der Waals surface area contributed by atoms with Gasteiger partial charge < -0.3 is 14.8 Å². The van der Waals surface area contributed by atoms with Crippen LogP contribution in [0.4, 0.5) is 11.4 Å². The number of ether oxygens (including phenoxy) is 2. The van der Waals surface area contributed by atoms with E-state index in [1.165, 1.54) is 44.0 Å². The molecule has 0 saturated heterocycles. The lowest BCUT2D eigenvalue weighted by molar-refractivity contribution is -0.384. The summed E-state index contributed by atoms with van der Waals surface area (Å²) >= 11 is 1.35. The van der Waals surface area contributed by atoms with Gasteiger partial charge in [-0.2, -0.15) is 0 Å². The first kappa shape index (κ1) is 22.2. The molecule has 9 heteroatoms. The van der Waals surface area contributed by atoms with Crippen molar-refractivity contribution in [3.05, 3.63) is 57.6 Å². The van der Waals surface area contributed by atoms with E-state index in [0.717, 1.165) is 16.0 Å². The summed E-state index contributed by atoms with van der Waals surface area (Å²) in [5, 5.41) is 13.4. The van der Waals surface area contributed by atoms with Crippen LogP contribution in [-0.4, -0.2) is 35.8 Å². The molecular weight excluding hydrogens is 396 g/mol. The van der Waals surface area contributed by atoms with Crippen LogP contribution in [0.3, 0.4) is 0 Å². The fourth-order valence-corrected chi connectivity index (χ4v) is 3.32. The molecule has 0 heterocycles. The Balaban J connectivity index is 1.94. The predicted octanol–water partition coefficient (Wildman–Crippen LogP) is 3.88. The number of hydrogen-bond donors (Lipinski definition) is 1. The first-order valence-electron chi connectivity index (χ1n) is 8.74. The number of nitro benzene ring substituents is 1. The number of carbonyl (C=O) groups is 2. The fourth-order valence-electron chi connectivity index (χ4n) is 2.42. The lowest BCUT2D eigenvalue weighted by atomic mass is 10.2. The monoisotopic (exact) mass is 418 g/mol. The molecule has 2 aromatic rings. The van der Waals surface area contributed by atoms with Crippen LogP contribution in [0.25, 0.3) is 0 Å². The van der Waals surface area contributed by atoms with Crippen molar-refractivity contribution in [3.63, 3.8) is 0 Å². The molecule has 1 N–H and O–H groups in total. The van der Waals surface area contributed by atoms with E-state index in [2.05, 4.69) is 5.32 Å². The smallest absolute Gasteiger partial charge is 0.317 e. The molecule has 0 radical (unpaired) electrons. The molecule has 154 valence electrons. The number of amides is 1. The van der Waals surface area contributed by atoms with Crippen LogP contribution in [-0.2, 0) is 14.3 Å². The number of hydrogen-bond acceptors (Lipinski definition) is 7. The number of nitrogens with zero attached hydrogens (tertiary/aromatic N) is 1. The Hall–Kier alpha value is -3.07. The van der Waals surface area contributed by atoms with Crippen LogP contribution >= 0.6 is 11.8 Å². The SMILES string of the molecule is COc1cc([N+](=O)[O-])ccc1NC(=O)[C@H](C)OC(=O)CSc1cc(C)ccc1C. The van der Waals surface area contributed by atoms with Crippen molar-refractivity contribution in [2.45, 2.75) is 31.8 Å². The van der Waals surface area contributed by atoms with Crippen molar-refractivity contribution in [2.75, 3.05) is 18.2 Å². The zero-order chi connectivity index (χ0) is 21.6. The van der Waals surface area contributed by atoms with Crippen LogP contribution in [0.1, 0.15) is 18.1 Å². The Kier molecular flexibility index (Phi) is 7.60. The highest BCUT2D eigenvalue weighted by Gasteiger charge is 2.20. The molecule has 0 unspecified atom stereocenters. The molecule has 0 saturated carbocycles. The van der Waals surface area contributed by atoms with Gasteiger partial charge in [0.15, 0.2) is 6.10 Å². The third kappa shape index (κ3) is 6.21. The van der Waals surface area contributed by atoms with Gasteiger partial charge in [0.2, 0.25) is 0 Å². The number of thioether (sulfide) groups is 1. The highest BCUT2D eigenvalue weighted by Crippen LogP contribution is 2.29. The van der Waals surface area contributed by atoms with Gasteiger partial charge in [-0.25, -0.2) is 0 Å². The average molecular weight is 418 g/mol. The molecule has 8 nitrogen and oxygen atoms in total. The Morgan fingerprint density at radius 2 is 1.93 bits per heavy atom. The summed E-state index contributed by atoms with van der Waals surface area (Å²) in [6.07, 6.45) is -1.04. The summed E-state index contributed by atoms with van der Waals surface area (Å²) in [6, 6.07) is 9.78. The number of methoxy groups -OCH3 is 1. The largest absolute Gasteiger partial charge is 0.494 e. The topological polar surface area (TPSA) is 108 Å². The Bertz CT molecular complexity index is 931. The highest BCUT2D eigenvalue weighted by molar-refractivity contribution is 8.00. The van der Waals surface area contributed by atoms with Crippen molar-refractivity contribution < 1.29 is 24.0 Å². The molecule has 29 heavy (non-hydrogen) atoms. The zero-order valence-electron chi connectivity index (χ0n) is 16.6. The summed E-state index contributed by atoms with van der Waals surface area (Å²) in [5.41, 5.74) is 2.24. The van der Waals surface area contributed by atoms with Gasteiger partial charge in [0.05, 0.1) is 29.5 Å². The van der Waals surface area contributed by atoms with Crippen molar-refractivity contribution in [2.24, 2.45) is 0 Å². The summed E-state index contributed by atoms with van der Waals surface area (Å²) in [5.74, 6) is -0.879. The van der Waals surface area contributed by atoms with Crippen LogP contribution in [0.5, 0.6) is 5.75 Å². The molecule has 0 bridgehead atoms. The molecular formula is C20H22N2O6S. The van der Waals surface area contributed by atoms with E-state index in [-0.39, 0.29) is 22.9 Å². The van der Waals surface area contributed by atoms with E-state index in [0.29, 0.717) is 0 Å². The minimum absolute atomic E-state index is 0.0722. The van der Waals surface area contributed by atoms with E-state index in [9.17, 15) is 19.7 Å². The van der Waals surface area contributed by atoms with Gasteiger partial charge in [0.1, 0.15) is 5.75 Å². The molecule has 2 aromatic carbocycles. The van der Waals surface area contributed by atoms with E-state index in [4.69, 9.17) is 9.47 Å². The van der Waals surface area contributed by atoms with Gasteiger partial charge in [-0.15, -0.1) is 11.8 Å². The number of benzene rings is 2. The van der Waals surface area contributed by atoms with Crippen LogP contribution in [0, 0.1) is 24.0 Å².